The van der Waals surface area contributed by atoms with Gasteiger partial charge in [-0.15, -0.1) is 0 Å². The molecule has 0 aromatic rings. The van der Waals surface area contributed by atoms with Gasteiger partial charge in [-0.25, -0.2) is 0 Å². The summed E-state index contributed by atoms with van der Waals surface area (Å²) in [5.41, 5.74) is 0. The lowest BCUT2D eigenvalue weighted by Crippen LogP contribution is -2.43. The molecule has 0 aromatic heterocycles. The van der Waals surface area contributed by atoms with Gasteiger partial charge in [0.05, 0.1) is 5.92 Å². The van der Waals surface area contributed by atoms with Crippen molar-refractivity contribution in [3.8, 4) is 0 Å². The summed E-state index contributed by atoms with van der Waals surface area (Å²) in [7, 11) is 0. The number of amides is 1. The van der Waals surface area contributed by atoms with Crippen molar-refractivity contribution >= 4 is 11.9 Å². The van der Waals surface area contributed by atoms with Gasteiger partial charge < -0.3 is 10.0 Å². The molecule has 152 valence electrons. The number of hydrogen-bond acceptors (Lipinski definition) is 2. The average molecular weight is 368 g/mol. The van der Waals surface area contributed by atoms with E-state index in [4.69, 9.17) is 5.11 Å². The van der Waals surface area contributed by atoms with E-state index in [-0.39, 0.29) is 11.8 Å². The van der Waals surface area contributed by atoms with Crippen LogP contribution in [-0.2, 0) is 9.59 Å². The van der Waals surface area contributed by atoms with Crippen LogP contribution in [0, 0.1) is 11.8 Å². The lowest BCUT2D eigenvalue weighted by molar-refractivity contribution is -0.147. The Morgan fingerprint density at radius 2 is 1.31 bits per heavy atom. The van der Waals surface area contributed by atoms with Crippen LogP contribution in [-0.4, -0.2) is 35.0 Å². The van der Waals surface area contributed by atoms with Gasteiger partial charge in [-0.3, -0.25) is 9.59 Å². The SMILES string of the molecule is CCCCCCCCC(CCCCCC)C(=O)N1CCC(C(=O)O)CC1. The second kappa shape index (κ2) is 14.1. The van der Waals surface area contributed by atoms with Crippen molar-refractivity contribution in [2.45, 2.75) is 104 Å². The summed E-state index contributed by atoms with van der Waals surface area (Å²) < 4.78 is 0. The Morgan fingerprint density at radius 3 is 1.81 bits per heavy atom. The molecule has 1 unspecified atom stereocenters. The summed E-state index contributed by atoms with van der Waals surface area (Å²) in [6, 6.07) is 0. The summed E-state index contributed by atoms with van der Waals surface area (Å²) in [6.45, 7) is 5.69. The topological polar surface area (TPSA) is 57.6 Å². The summed E-state index contributed by atoms with van der Waals surface area (Å²) in [4.78, 5) is 26.0. The molecule has 0 radical (unpaired) electrons. The molecule has 1 atom stereocenters. The molecule has 26 heavy (non-hydrogen) atoms. The van der Waals surface area contributed by atoms with E-state index >= 15 is 0 Å². The van der Waals surface area contributed by atoms with E-state index in [1.54, 1.807) is 0 Å². The molecule has 0 aromatic carbocycles. The lowest BCUT2D eigenvalue weighted by atomic mass is 9.91. The molecule has 0 saturated carbocycles. The molecule has 1 N–H and O–H groups in total. The predicted octanol–water partition coefficient (Wildman–Crippen LogP) is 5.65. The number of carbonyl (C=O) groups is 2. The van der Waals surface area contributed by atoms with E-state index in [1.807, 2.05) is 4.90 Å². The number of likely N-dealkylation sites (tertiary alicyclic amines) is 1. The minimum atomic E-state index is -0.708. The summed E-state index contributed by atoms with van der Waals surface area (Å²) in [5, 5.41) is 9.14. The Labute approximate surface area is 160 Å². The highest BCUT2D eigenvalue weighted by Gasteiger charge is 2.30. The molecule has 1 aliphatic rings. The van der Waals surface area contributed by atoms with Crippen molar-refractivity contribution in [2.75, 3.05) is 13.1 Å². The maximum atomic E-state index is 13.0. The van der Waals surface area contributed by atoms with Crippen LogP contribution in [0.3, 0.4) is 0 Å². The largest absolute Gasteiger partial charge is 0.481 e. The normalized spacial score (nSPS) is 16.6. The third-order valence-corrected chi connectivity index (χ3v) is 5.82. The highest BCUT2D eigenvalue weighted by molar-refractivity contribution is 5.79. The molecule has 0 bridgehead atoms. The van der Waals surface area contributed by atoms with Crippen LogP contribution in [0.4, 0.5) is 0 Å². The second-order valence-electron chi connectivity index (χ2n) is 8.04. The molecule has 0 spiro atoms. The van der Waals surface area contributed by atoms with Crippen LogP contribution in [0.15, 0.2) is 0 Å². The lowest BCUT2D eigenvalue weighted by Gasteiger charge is -2.33. The first kappa shape index (κ1) is 23.0. The van der Waals surface area contributed by atoms with Crippen LogP contribution < -0.4 is 0 Å². The first-order chi connectivity index (χ1) is 12.6. The van der Waals surface area contributed by atoms with Crippen LogP contribution in [0.25, 0.3) is 0 Å². The van der Waals surface area contributed by atoms with Crippen LogP contribution in [0.1, 0.15) is 104 Å². The third-order valence-electron chi connectivity index (χ3n) is 5.82. The zero-order valence-corrected chi connectivity index (χ0v) is 17.2. The molecule has 1 heterocycles. The predicted molar refractivity (Wildman–Crippen MR) is 107 cm³/mol. The number of rotatable bonds is 14. The Morgan fingerprint density at radius 1 is 0.846 bits per heavy atom. The number of carboxylic acid groups (broad SMARTS) is 1. The van der Waals surface area contributed by atoms with Crippen molar-refractivity contribution < 1.29 is 14.7 Å². The molecule has 4 nitrogen and oxygen atoms in total. The van der Waals surface area contributed by atoms with Gasteiger partial charge in [0.15, 0.2) is 0 Å². The van der Waals surface area contributed by atoms with Crippen molar-refractivity contribution in [2.24, 2.45) is 11.8 Å². The number of nitrogens with zero attached hydrogens (tertiary/aromatic N) is 1. The number of aliphatic carboxylic acids is 1. The fourth-order valence-corrected chi connectivity index (χ4v) is 3.98. The number of unbranched alkanes of at least 4 members (excludes halogenated alkanes) is 8. The van der Waals surface area contributed by atoms with Crippen LogP contribution >= 0.6 is 0 Å². The quantitative estimate of drug-likeness (QED) is 0.404. The van der Waals surface area contributed by atoms with Gasteiger partial charge in [-0.1, -0.05) is 78.1 Å². The standard InChI is InChI=1S/C22H41NO3/c1-3-5-7-9-10-12-14-19(13-11-8-6-4-2)21(24)23-17-15-20(16-18-23)22(25)26/h19-20H,3-18H2,1-2H3,(H,25,26). The molecular weight excluding hydrogens is 326 g/mol. The van der Waals surface area contributed by atoms with Crippen molar-refractivity contribution in [3.05, 3.63) is 0 Å². The third kappa shape index (κ3) is 9.05. The molecule has 1 aliphatic heterocycles. The molecule has 0 aliphatic carbocycles. The molecule has 1 saturated heterocycles. The number of carbonyl (C=O) groups excluding carboxylic acids is 1. The fraction of sp³-hybridized carbons (Fsp3) is 0.909. The zero-order valence-electron chi connectivity index (χ0n) is 17.2. The Balaban J connectivity index is 2.43. The number of hydrogen-bond donors (Lipinski definition) is 1. The van der Waals surface area contributed by atoms with Gasteiger partial charge in [-0.2, -0.15) is 0 Å². The molecule has 4 heteroatoms. The van der Waals surface area contributed by atoms with E-state index in [9.17, 15) is 9.59 Å². The van der Waals surface area contributed by atoms with E-state index in [0.717, 1.165) is 25.7 Å². The van der Waals surface area contributed by atoms with E-state index in [0.29, 0.717) is 31.8 Å². The zero-order chi connectivity index (χ0) is 19.2. The van der Waals surface area contributed by atoms with Gasteiger partial charge in [0.1, 0.15) is 0 Å². The van der Waals surface area contributed by atoms with Crippen molar-refractivity contribution in [1.82, 2.24) is 4.90 Å². The first-order valence-corrected chi connectivity index (χ1v) is 11.1. The minimum absolute atomic E-state index is 0.152. The maximum absolute atomic E-state index is 13.0. The average Bonchev–Trinajstić information content (AvgIpc) is 2.65. The van der Waals surface area contributed by atoms with Gasteiger partial charge in [0.25, 0.3) is 0 Å². The highest BCUT2D eigenvalue weighted by atomic mass is 16.4. The van der Waals surface area contributed by atoms with E-state index < -0.39 is 5.97 Å². The number of carboxylic acids is 1. The first-order valence-electron chi connectivity index (χ1n) is 11.1. The van der Waals surface area contributed by atoms with E-state index in [1.165, 1.54) is 51.4 Å². The monoisotopic (exact) mass is 367 g/mol. The molecule has 1 amide bonds. The van der Waals surface area contributed by atoms with Crippen LogP contribution in [0.5, 0.6) is 0 Å². The van der Waals surface area contributed by atoms with Gasteiger partial charge in [0.2, 0.25) is 5.91 Å². The van der Waals surface area contributed by atoms with Gasteiger partial charge in [0, 0.05) is 19.0 Å². The summed E-state index contributed by atoms with van der Waals surface area (Å²) in [6.07, 6.45) is 15.7. The highest BCUT2D eigenvalue weighted by Crippen LogP contribution is 2.24. The molecular formula is C22H41NO3. The van der Waals surface area contributed by atoms with Gasteiger partial charge >= 0.3 is 5.97 Å². The Hall–Kier alpha value is -1.06. The minimum Gasteiger partial charge on any atom is -0.481 e. The smallest absolute Gasteiger partial charge is 0.306 e. The number of piperidine rings is 1. The van der Waals surface area contributed by atoms with Gasteiger partial charge in [-0.05, 0) is 25.7 Å². The molecule has 1 rings (SSSR count). The van der Waals surface area contributed by atoms with Crippen molar-refractivity contribution in [1.29, 1.82) is 0 Å². The molecule has 1 fully saturated rings. The van der Waals surface area contributed by atoms with E-state index in [2.05, 4.69) is 13.8 Å². The van der Waals surface area contributed by atoms with Crippen LogP contribution in [0.2, 0.25) is 0 Å². The van der Waals surface area contributed by atoms with Crippen molar-refractivity contribution in [3.63, 3.8) is 0 Å². The maximum Gasteiger partial charge on any atom is 0.306 e. The fourth-order valence-electron chi connectivity index (χ4n) is 3.98. The second-order valence-corrected chi connectivity index (χ2v) is 8.04. The summed E-state index contributed by atoms with van der Waals surface area (Å²) >= 11 is 0. The Bertz CT molecular complexity index is 389. The summed E-state index contributed by atoms with van der Waals surface area (Å²) in [5.74, 6) is -0.529. The Kier molecular flexibility index (Phi) is 12.4.